The Morgan fingerprint density at radius 3 is 2.60 bits per heavy atom. The zero-order valence-corrected chi connectivity index (χ0v) is 15.1. The van der Waals surface area contributed by atoms with Gasteiger partial charge in [0.05, 0.1) is 0 Å². The number of carbonyl (C=O) groups is 3. The summed E-state index contributed by atoms with van der Waals surface area (Å²) in [5, 5.41) is 15.6. The van der Waals surface area contributed by atoms with Crippen LogP contribution in [0, 0.1) is 0 Å². The topological polar surface area (TPSA) is 95.5 Å². The van der Waals surface area contributed by atoms with Crippen LogP contribution in [0.25, 0.3) is 0 Å². The number of amides is 2. The summed E-state index contributed by atoms with van der Waals surface area (Å²) in [5.41, 5.74) is 0.109. The molecule has 0 unspecified atom stereocenters. The van der Waals surface area contributed by atoms with Gasteiger partial charge in [0, 0.05) is 41.4 Å². The van der Waals surface area contributed by atoms with Crippen molar-refractivity contribution in [3.63, 3.8) is 0 Å². The lowest BCUT2D eigenvalue weighted by atomic mass is 9.86. The van der Waals surface area contributed by atoms with Crippen LogP contribution in [0.1, 0.15) is 44.1 Å². The number of aliphatic carboxylic acids is 1. The highest BCUT2D eigenvalue weighted by Crippen LogP contribution is 2.30. The lowest BCUT2D eigenvalue weighted by Crippen LogP contribution is -2.43. The summed E-state index contributed by atoms with van der Waals surface area (Å²) in [6.45, 7) is 0.257. The van der Waals surface area contributed by atoms with Crippen LogP contribution in [-0.2, 0) is 20.9 Å². The summed E-state index contributed by atoms with van der Waals surface area (Å²) in [7, 11) is 0. The van der Waals surface area contributed by atoms with Crippen molar-refractivity contribution in [2.45, 2.75) is 50.6 Å². The molecule has 1 atom stereocenters. The molecule has 8 heteroatoms. The van der Waals surface area contributed by atoms with Crippen molar-refractivity contribution in [1.29, 1.82) is 0 Å². The van der Waals surface area contributed by atoms with Gasteiger partial charge >= 0.3 is 5.97 Å². The first kappa shape index (κ1) is 19.5. The molecule has 2 amide bonds. The third-order valence-corrected chi connectivity index (χ3v) is 4.97. The second kappa shape index (κ2) is 8.54. The fraction of sp³-hybridized carbons (Fsp3) is 0.471. The molecule has 1 saturated heterocycles. The maximum absolute atomic E-state index is 12.1. The normalized spacial score (nSPS) is 19.5. The van der Waals surface area contributed by atoms with E-state index in [9.17, 15) is 14.4 Å². The van der Waals surface area contributed by atoms with Gasteiger partial charge < -0.3 is 15.7 Å². The molecule has 0 radical (unpaired) electrons. The van der Waals surface area contributed by atoms with Crippen LogP contribution >= 0.6 is 23.2 Å². The zero-order chi connectivity index (χ0) is 18.4. The Morgan fingerprint density at radius 2 is 1.96 bits per heavy atom. The first-order chi connectivity index (χ1) is 11.8. The van der Waals surface area contributed by atoms with E-state index in [2.05, 4.69) is 10.6 Å². The Balaban J connectivity index is 1.87. The minimum Gasteiger partial charge on any atom is -0.481 e. The fourth-order valence-electron chi connectivity index (χ4n) is 2.93. The molecular formula is C17H20Cl2N2O4. The number of carboxylic acid groups (broad SMARTS) is 1. The molecule has 2 rings (SSSR count). The van der Waals surface area contributed by atoms with Crippen molar-refractivity contribution in [2.24, 2.45) is 0 Å². The molecule has 25 heavy (non-hydrogen) atoms. The summed E-state index contributed by atoms with van der Waals surface area (Å²) in [6, 6.07) is 5.03. The lowest BCUT2D eigenvalue weighted by molar-refractivity contribution is -0.137. The monoisotopic (exact) mass is 386 g/mol. The van der Waals surface area contributed by atoms with Crippen molar-refractivity contribution in [2.75, 3.05) is 0 Å². The van der Waals surface area contributed by atoms with E-state index in [0.29, 0.717) is 35.7 Å². The van der Waals surface area contributed by atoms with Crippen LogP contribution in [0.15, 0.2) is 18.2 Å². The molecule has 1 aliphatic rings. The van der Waals surface area contributed by atoms with E-state index < -0.39 is 11.5 Å². The fourth-order valence-corrected chi connectivity index (χ4v) is 3.31. The quantitative estimate of drug-likeness (QED) is 0.639. The summed E-state index contributed by atoms with van der Waals surface area (Å²) >= 11 is 12.0. The van der Waals surface area contributed by atoms with Crippen molar-refractivity contribution < 1.29 is 19.5 Å². The minimum absolute atomic E-state index is 0.0416. The number of benzene rings is 1. The van der Waals surface area contributed by atoms with Crippen LogP contribution in [0.4, 0.5) is 0 Å². The standard InChI is InChI=1S/C17H20Cl2N2O4/c18-12-1-2-13(19)11(9-12)10-20-14(22)3-6-17(8-5-16(24)25)7-4-15(23)21-17/h1-2,9H,3-8,10H2,(H,20,22)(H,21,23)(H,24,25)/t17-/m0/s1. The van der Waals surface area contributed by atoms with Crippen molar-refractivity contribution >= 4 is 41.0 Å². The number of hydrogen-bond acceptors (Lipinski definition) is 3. The van der Waals surface area contributed by atoms with Gasteiger partial charge in [-0.2, -0.15) is 0 Å². The van der Waals surface area contributed by atoms with Crippen LogP contribution in [-0.4, -0.2) is 28.4 Å². The molecule has 1 fully saturated rings. The maximum Gasteiger partial charge on any atom is 0.303 e. The van der Waals surface area contributed by atoms with Crippen LogP contribution in [0.2, 0.25) is 10.0 Å². The van der Waals surface area contributed by atoms with Crippen molar-refractivity contribution in [3.8, 4) is 0 Å². The maximum atomic E-state index is 12.1. The molecule has 0 bridgehead atoms. The second-order valence-electron chi connectivity index (χ2n) is 6.23. The number of nitrogens with one attached hydrogen (secondary N) is 2. The van der Waals surface area contributed by atoms with E-state index in [4.69, 9.17) is 28.3 Å². The summed E-state index contributed by atoms with van der Waals surface area (Å²) in [4.78, 5) is 34.5. The Hall–Kier alpha value is -1.79. The van der Waals surface area contributed by atoms with Crippen LogP contribution < -0.4 is 10.6 Å². The Labute approximate surface area is 155 Å². The SMILES string of the molecule is O=C(O)CC[C@]1(CCC(=O)NCc2cc(Cl)ccc2Cl)CCC(=O)N1. The van der Waals surface area contributed by atoms with Crippen molar-refractivity contribution in [3.05, 3.63) is 33.8 Å². The predicted molar refractivity (Wildman–Crippen MR) is 94.5 cm³/mol. The zero-order valence-electron chi connectivity index (χ0n) is 13.6. The van der Waals surface area contributed by atoms with E-state index in [1.165, 1.54) is 0 Å². The molecule has 136 valence electrons. The number of carboxylic acids is 1. The molecular weight excluding hydrogens is 367 g/mol. The molecule has 0 saturated carbocycles. The Kier molecular flexibility index (Phi) is 6.67. The average molecular weight is 387 g/mol. The summed E-state index contributed by atoms with van der Waals surface area (Å²) < 4.78 is 0. The van der Waals surface area contributed by atoms with Crippen LogP contribution in [0.5, 0.6) is 0 Å². The molecule has 0 aliphatic carbocycles. The predicted octanol–water partition coefficient (Wildman–Crippen LogP) is 2.90. The lowest BCUT2D eigenvalue weighted by Gasteiger charge is -2.28. The third-order valence-electron chi connectivity index (χ3n) is 4.37. The first-order valence-electron chi connectivity index (χ1n) is 8.03. The summed E-state index contributed by atoms with van der Waals surface area (Å²) in [5.74, 6) is -1.20. The summed E-state index contributed by atoms with van der Waals surface area (Å²) in [6.07, 6.45) is 1.78. The number of halogens is 2. The molecule has 3 N–H and O–H groups in total. The molecule has 1 aromatic carbocycles. The second-order valence-corrected chi connectivity index (χ2v) is 7.08. The molecule has 0 spiro atoms. The molecule has 1 heterocycles. The highest BCUT2D eigenvalue weighted by atomic mass is 35.5. The van der Waals surface area contributed by atoms with Gasteiger partial charge in [-0.15, -0.1) is 0 Å². The van der Waals surface area contributed by atoms with Gasteiger partial charge in [0.15, 0.2) is 0 Å². The average Bonchev–Trinajstić information content (AvgIpc) is 2.94. The Bertz CT molecular complexity index is 681. The third kappa shape index (κ3) is 5.90. The number of rotatable bonds is 8. The van der Waals surface area contributed by atoms with Crippen LogP contribution in [0.3, 0.4) is 0 Å². The largest absolute Gasteiger partial charge is 0.481 e. The molecule has 1 aromatic rings. The van der Waals surface area contributed by atoms with Gasteiger partial charge in [-0.1, -0.05) is 23.2 Å². The number of carbonyl (C=O) groups excluding carboxylic acids is 2. The van der Waals surface area contributed by atoms with Gasteiger partial charge in [0.25, 0.3) is 0 Å². The highest BCUT2D eigenvalue weighted by Gasteiger charge is 2.37. The van der Waals surface area contributed by atoms with Crippen molar-refractivity contribution in [1.82, 2.24) is 10.6 Å². The molecule has 6 nitrogen and oxygen atoms in total. The number of hydrogen-bond donors (Lipinski definition) is 3. The van der Waals surface area contributed by atoms with E-state index >= 15 is 0 Å². The Morgan fingerprint density at radius 1 is 1.24 bits per heavy atom. The van der Waals surface area contributed by atoms with Gasteiger partial charge in [-0.3, -0.25) is 14.4 Å². The van der Waals surface area contributed by atoms with Gasteiger partial charge in [-0.25, -0.2) is 0 Å². The van der Waals surface area contributed by atoms with E-state index in [1.54, 1.807) is 18.2 Å². The van der Waals surface area contributed by atoms with E-state index in [0.717, 1.165) is 5.56 Å². The smallest absolute Gasteiger partial charge is 0.303 e. The molecule has 1 aliphatic heterocycles. The van der Waals surface area contributed by atoms with E-state index in [-0.39, 0.29) is 31.2 Å². The molecule has 0 aromatic heterocycles. The minimum atomic E-state index is -0.916. The van der Waals surface area contributed by atoms with Gasteiger partial charge in [0.2, 0.25) is 11.8 Å². The first-order valence-corrected chi connectivity index (χ1v) is 8.79. The van der Waals surface area contributed by atoms with E-state index in [1.807, 2.05) is 0 Å². The van der Waals surface area contributed by atoms with Gasteiger partial charge in [-0.05, 0) is 43.0 Å². The van der Waals surface area contributed by atoms with Gasteiger partial charge in [0.1, 0.15) is 0 Å². The highest BCUT2D eigenvalue weighted by molar-refractivity contribution is 6.33.